The third-order valence-electron chi connectivity index (χ3n) is 4.85. The van der Waals surface area contributed by atoms with E-state index in [9.17, 15) is 4.79 Å². The highest BCUT2D eigenvalue weighted by molar-refractivity contribution is 5.68. The van der Waals surface area contributed by atoms with Gasteiger partial charge in [0.15, 0.2) is 0 Å². The molecule has 28 heavy (non-hydrogen) atoms. The quantitative estimate of drug-likeness (QED) is 0.656. The topological polar surface area (TPSA) is 48.0 Å². The Morgan fingerprint density at radius 1 is 0.964 bits per heavy atom. The molecule has 0 spiro atoms. The second kappa shape index (κ2) is 10.1. The molecular weight excluding hydrogens is 354 g/mol. The fourth-order valence-electron chi connectivity index (χ4n) is 3.39. The van der Waals surface area contributed by atoms with Gasteiger partial charge in [-0.15, -0.1) is 0 Å². The molecule has 1 aliphatic rings. The average Bonchev–Trinajstić information content (AvgIpc) is 2.74. The zero-order chi connectivity index (χ0) is 19.8. The van der Waals surface area contributed by atoms with Crippen LogP contribution >= 0.6 is 0 Å². The number of carbonyl (C=O) groups excluding carboxylic acids is 1. The number of amides is 1. The molecule has 1 unspecified atom stereocenters. The number of ether oxygens (including phenoxy) is 3. The number of hydrogen-bond donors (Lipinski definition) is 0. The van der Waals surface area contributed by atoms with Crippen LogP contribution in [0, 0.1) is 0 Å². The summed E-state index contributed by atoms with van der Waals surface area (Å²) in [5.74, 6) is 0.884. The predicted molar refractivity (Wildman–Crippen MR) is 109 cm³/mol. The zero-order valence-electron chi connectivity index (χ0n) is 16.7. The summed E-state index contributed by atoms with van der Waals surface area (Å²) in [6.45, 7) is 6.03. The maximum atomic E-state index is 12.1. The van der Waals surface area contributed by atoms with E-state index in [4.69, 9.17) is 14.2 Å². The summed E-state index contributed by atoms with van der Waals surface area (Å²) in [6, 6.07) is 16.4. The lowest BCUT2D eigenvalue weighted by Gasteiger charge is -2.34. The molecule has 0 saturated carbocycles. The highest BCUT2D eigenvalue weighted by atomic mass is 16.6. The summed E-state index contributed by atoms with van der Waals surface area (Å²) in [4.78, 5) is 13.8. The van der Waals surface area contributed by atoms with Crippen molar-refractivity contribution < 1.29 is 19.0 Å². The summed E-state index contributed by atoms with van der Waals surface area (Å²) < 4.78 is 16.7. The molecule has 0 aliphatic carbocycles. The standard InChI is InChI=1S/C23H29NO4/c1-3-26-21-14-12-20(13-15-21)19-10-8-18(9-11-19)17-28-22-7-5-6-16-24(22)23(25)27-4-2/h8-15,22H,3-7,16-17H2,1-2H3. The summed E-state index contributed by atoms with van der Waals surface area (Å²) in [5, 5.41) is 0. The number of likely N-dealkylation sites (tertiary alicyclic amines) is 1. The van der Waals surface area contributed by atoms with Crippen LogP contribution in [-0.4, -0.2) is 37.0 Å². The number of hydrogen-bond acceptors (Lipinski definition) is 4. The van der Waals surface area contributed by atoms with E-state index in [0.29, 0.717) is 26.4 Å². The van der Waals surface area contributed by atoms with Crippen LogP contribution in [0.15, 0.2) is 48.5 Å². The Balaban J connectivity index is 1.58. The Morgan fingerprint density at radius 2 is 1.64 bits per heavy atom. The van der Waals surface area contributed by atoms with E-state index in [0.717, 1.165) is 41.7 Å². The van der Waals surface area contributed by atoms with Crippen molar-refractivity contribution in [2.45, 2.75) is 45.9 Å². The molecule has 1 aliphatic heterocycles. The largest absolute Gasteiger partial charge is 0.494 e. The van der Waals surface area contributed by atoms with Crippen molar-refractivity contribution in [3.8, 4) is 16.9 Å². The summed E-state index contributed by atoms with van der Waals surface area (Å²) in [7, 11) is 0. The molecule has 5 heteroatoms. The maximum absolute atomic E-state index is 12.1. The van der Waals surface area contributed by atoms with E-state index < -0.39 is 0 Å². The van der Waals surface area contributed by atoms with E-state index in [-0.39, 0.29) is 12.3 Å². The van der Waals surface area contributed by atoms with Crippen LogP contribution < -0.4 is 4.74 Å². The molecule has 3 rings (SSSR count). The molecular formula is C23H29NO4. The molecule has 1 atom stereocenters. The minimum Gasteiger partial charge on any atom is -0.494 e. The SMILES string of the molecule is CCOC(=O)N1CCCCC1OCc1ccc(-c2ccc(OCC)cc2)cc1. The number of nitrogens with zero attached hydrogens (tertiary/aromatic N) is 1. The van der Waals surface area contributed by atoms with Gasteiger partial charge in [0.05, 0.1) is 19.8 Å². The molecule has 2 aromatic carbocycles. The van der Waals surface area contributed by atoms with E-state index >= 15 is 0 Å². The number of rotatable bonds is 7. The summed E-state index contributed by atoms with van der Waals surface area (Å²) in [6.07, 6.45) is 2.42. The van der Waals surface area contributed by atoms with E-state index in [2.05, 4.69) is 36.4 Å². The van der Waals surface area contributed by atoms with Gasteiger partial charge in [-0.3, -0.25) is 4.90 Å². The van der Waals surface area contributed by atoms with Crippen molar-refractivity contribution in [1.29, 1.82) is 0 Å². The van der Waals surface area contributed by atoms with Crippen LogP contribution in [0.1, 0.15) is 38.7 Å². The van der Waals surface area contributed by atoms with Crippen molar-refractivity contribution in [1.82, 2.24) is 4.90 Å². The fraction of sp³-hybridized carbons (Fsp3) is 0.435. The molecule has 0 bridgehead atoms. The lowest BCUT2D eigenvalue weighted by Crippen LogP contribution is -2.45. The molecule has 1 fully saturated rings. The first kappa shape index (κ1) is 20.2. The molecule has 1 heterocycles. The molecule has 0 aromatic heterocycles. The van der Waals surface area contributed by atoms with Crippen LogP contribution in [0.4, 0.5) is 4.79 Å². The first-order valence-electron chi connectivity index (χ1n) is 10.1. The molecule has 5 nitrogen and oxygen atoms in total. The van der Waals surface area contributed by atoms with Gasteiger partial charge in [-0.25, -0.2) is 4.79 Å². The smallest absolute Gasteiger partial charge is 0.411 e. The van der Waals surface area contributed by atoms with Crippen LogP contribution in [0.2, 0.25) is 0 Å². The van der Waals surface area contributed by atoms with Gasteiger partial charge in [0.2, 0.25) is 0 Å². The Morgan fingerprint density at radius 3 is 2.29 bits per heavy atom. The van der Waals surface area contributed by atoms with E-state index in [1.165, 1.54) is 0 Å². The summed E-state index contributed by atoms with van der Waals surface area (Å²) >= 11 is 0. The van der Waals surface area contributed by atoms with Gasteiger partial charge >= 0.3 is 6.09 Å². The lowest BCUT2D eigenvalue weighted by molar-refractivity contribution is -0.0788. The molecule has 1 amide bonds. The van der Waals surface area contributed by atoms with Crippen molar-refractivity contribution >= 4 is 6.09 Å². The van der Waals surface area contributed by atoms with Gasteiger partial charge in [-0.05, 0) is 61.9 Å². The predicted octanol–water partition coefficient (Wildman–Crippen LogP) is 5.24. The minimum absolute atomic E-state index is 0.210. The Bertz CT molecular complexity index is 742. The first-order chi connectivity index (χ1) is 13.7. The third-order valence-corrected chi connectivity index (χ3v) is 4.85. The van der Waals surface area contributed by atoms with Gasteiger partial charge in [0.25, 0.3) is 0 Å². The normalized spacial score (nSPS) is 16.6. The second-order valence-corrected chi connectivity index (χ2v) is 6.81. The third kappa shape index (κ3) is 5.26. The van der Waals surface area contributed by atoms with Crippen molar-refractivity contribution in [3.63, 3.8) is 0 Å². The number of benzene rings is 2. The molecule has 2 aromatic rings. The first-order valence-corrected chi connectivity index (χ1v) is 10.1. The molecule has 1 saturated heterocycles. The van der Waals surface area contributed by atoms with E-state index in [1.807, 2.05) is 26.0 Å². The van der Waals surface area contributed by atoms with Gasteiger partial charge in [-0.2, -0.15) is 0 Å². The monoisotopic (exact) mass is 383 g/mol. The van der Waals surface area contributed by atoms with Crippen molar-refractivity contribution in [2.75, 3.05) is 19.8 Å². The fourth-order valence-corrected chi connectivity index (χ4v) is 3.39. The lowest BCUT2D eigenvalue weighted by atomic mass is 10.0. The van der Waals surface area contributed by atoms with Gasteiger partial charge in [0.1, 0.15) is 12.0 Å². The number of piperidine rings is 1. The number of carbonyl (C=O) groups is 1. The zero-order valence-corrected chi connectivity index (χ0v) is 16.7. The highest BCUT2D eigenvalue weighted by Gasteiger charge is 2.28. The Hall–Kier alpha value is -2.53. The second-order valence-electron chi connectivity index (χ2n) is 6.81. The minimum atomic E-state index is -0.280. The molecule has 150 valence electrons. The average molecular weight is 383 g/mol. The molecule has 0 radical (unpaired) electrons. The Labute approximate surface area is 167 Å². The van der Waals surface area contributed by atoms with Crippen LogP contribution in [0.5, 0.6) is 5.75 Å². The van der Waals surface area contributed by atoms with Gasteiger partial charge in [-0.1, -0.05) is 36.4 Å². The Kier molecular flexibility index (Phi) is 7.31. The van der Waals surface area contributed by atoms with Crippen molar-refractivity contribution in [3.05, 3.63) is 54.1 Å². The van der Waals surface area contributed by atoms with Gasteiger partial charge in [0, 0.05) is 6.54 Å². The molecule has 0 N–H and O–H groups in total. The van der Waals surface area contributed by atoms with Crippen LogP contribution in [-0.2, 0) is 16.1 Å². The van der Waals surface area contributed by atoms with Gasteiger partial charge < -0.3 is 14.2 Å². The highest BCUT2D eigenvalue weighted by Crippen LogP contribution is 2.24. The van der Waals surface area contributed by atoms with E-state index in [1.54, 1.807) is 4.90 Å². The van der Waals surface area contributed by atoms with Crippen LogP contribution in [0.3, 0.4) is 0 Å². The van der Waals surface area contributed by atoms with Crippen molar-refractivity contribution in [2.24, 2.45) is 0 Å². The van der Waals surface area contributed by atoms with Crippen LogP contribution in [0.25, 0.3) is 11.1 Å². The summed E-state index contributed by atoms with van der Waals surface area (Å²) in [5.41, 5.74) is 3.39. The maximum Gasteiger partial charge on any atom is 0.411 e.